The van der Waals surface area contributed by atoms with Crippen LogP contribution < -0.4 is 10.6 Å². The molecule has 1 fully saturated rings. The summed E-state index contributed by atoms with van der Waals surface area (Å²) in [4.78, 5) is 24.8. The van der Waals surface area contributed by atoms with Crippen molar-refractivity contribution in [2.75, 3.05) is 0 Å². The highest BCUT2D eigenvalue weighted by atomic mass is 16.3. The van der Waals surface area contributed by atoms with Gasteiger partial charge in [-0.25, -0.2) is 0 Å². The fraction of sp³-hybridized carbons (Fsp3) is 0.450. The van der Waals surface area contributed by atoms with Gasteiger partial charge in [-0.1, -0.05) is 24.3 Å². The highest BCUT2D eigenvalue weighted by Gasteiger charge is 2.38. The molecular formula is C20H24N4O3. The molecule has 0 spiro atoms. The van der Waals surface area contributed by atoms with Crippen LogP contribution in [0.4, 0.5) is 0 Å². The van der Waals surface area contributed by atoms with Crippen molar-refractivity contribution in [2.24, 2.45) is 5.92 Å². The second-order valence-electron chi connectivity index (χ2n) is 7.55. The molecular weight excluding hydrogens is 344 g/mol. The first-order valence-corrected chi connectivity index (χ1v) is 9.41. The topological polar surface area (TPSA) is 107 Å². The monoisotopic (exact) mass is 368 g/mol. The molecule has 7 heteroatoms. The average molecular weight is 368 g/mol. The van der Waals surface area contributed by atoms with Crippen molar-refractivity contribution in [1.29, 1.82) is 0 Å². The Morgan fingerprint density at radius 1 is 1.11 bits per heavy atom. The highest BCUT2D eigenvalue weighted by molar-refractivity contribution is 5.81. The summed E-state index contributed by atoms with van der Waals surface area (Å²) in [5.41, 5.74) is 3.30. The molecule has 142 valence electrons. The van der Waals surface area contributed by atoms with E-state index in [0.717, 1.165) is 18.5 Å². The smallest absolute Gasteiger partial charge is 0.226 e. The molecule has 0 saturated heterocycles. The van der Waals surface area contributed by atoms with Crippen LogP contribution in [-0.4, -0.2) is 45.3 Å². The van der Waals surface area contributed by atoms with Crippen molar-refractivity contribution >= 4 is 11.8 Å². The van der Waals surface area contributed by atoms with Gasteiger partial charge in [0.15, 0.2) is 0 Å². The molecule has 0 aliphatic heterocycles. The fourth-order valence-electron chi connectivity index (χ4n) is 4.18. The Bertz CT molecular complexity index is 795. The Kier molecular flexibility index (Phi) is 4.94. The Balaban J connectivity index is 1.28. The number of carbonyl (C=O) groups is 2. The predicted octanol–water partition coefficient (Wildman–Crippen LogP) is 0.492. The zero-order valence-corrected chi connectivity index (χ0v) is 15.0. The molecule has 2 amide bonds. The van der Waals surface area contributed by atoms with Gasteiger partial charge in [0.05, 0.1) is 18.6 Å². The summed E-state index contributed by atoms with van der Waals surface area (Å²) >= 11 is 0. The summed E-state index contributed by atoms with van der Waals surface area (Å²) < 4.78 is 0. The number of aliphatic hydroxyl groups is 1. The molecule has 2 aromatic rings. The molecule has 0 unspecified atom stereocenters. The molecule has 0 bridgehead atoms. The van der Waals surface area contributed by atoms with Crippen molar-refractivity contribution < 1.29 is 14.7 Å². The fourth-order valence-corrected chi connectivity index (χ4v) is 4.18. The van der Waals surface area contributed by atoms with Gasteiger partial charge in [0, 0.05) is 23.9 Å². The van der Waals surface area contributed by atoms with E-state index in [4.69, 9.17) is 0 Å². The molecule has 3 atom stereocenters. The largest absolute Gasteiger partial charge is 0.391 e. The minimum atomic E-state index is -0.702. The van der Waals surface area contributed by atoms with Gasteiger partial charge >= 0.3 is 0 Å². The first-order chi connectivity index (χ1) is 13.1. The number of aromatic amines is 1. The third-order valence-electron chi connectivity index (χ3n) is 5.55. The Morgan fingerprint density at radius 3 is 2.52 bits per heavy atom. The number of aromatic nitrogens is 2. The quantitative estimate of drug-likeness (QED) is 0.616. The summed E-state index contributed by atoms with van der Waals surface area (Å²) in [6.45, 7) is 0. The van der Waals surface area contributed by atoms with Gasteiger partial charge in [0.1, 0.15) is 0 Å². The molecule has 1 saturated carbocycles. The lowest BCUT2D eigenvalue weighted by Gasteiger charge is -2.17. The van der Waals surface area contributed by atoms with Gasteiger partial charge in [-0.15, -0.1) is 0 Å². The molecule has 2 aliphatic rings. The average Bonchev–Trinajstić information content (AvgIpc) is 3.35. The van der Waals surface area contributed by atoms with Crippen LogP contribution in [0.5, 0.6) is 0 Å². The third-order valence-corrected chi connectivity index (χ3v) is 5.55. The highest BCUT2D eigenvalue weighted by Crippen LogP contribution is 2.28. The summed E-state index contributed by atoms with van der Waals surface area (Å²) in [5.74, 6) is -0.492. The van der Waals surface area contributed by atoms with Crippen LogP contribution in [0, 0.1) is 5.92 Å². The normalized spacial score (nSPS) is 24.6. The molecule has 1 heterocycles. The van der Waals surface area contributed by atoms with Gasteiger partial charge in [-0.2, -0.15) is 5.10 Å². The number of hydrogen-bond acceptors (Lipinski definition) is 4. The molecule has 0 radical (unpaired) electrons. The number of hydrogen-bond donors (Lipinski definition) is 4. The number of rotatable bonds is 5. The first-order valence-electron chi connectivity index (χ1n) is 9.41. The second kappa shape index (κ2) is 7.52. The number of nitrogens with one attached hydrogen (secondary N) is 3. The molecule has 4 rings (SSSR count). The van der Waals surface area contributed by atoms with E-state index in [1.54, 1.807) is 12.3 Å². The SMILES string of the molecule is O=C(Cc1ccn[nH]1)N[C@H]1C[C@H](C(=O)NC2Cc3ccccc3C2)C[C@@H]1O. The van der Waals surface area contributed by atoms with Crippen molar-refractivity contribution in [3.05, 3.63) is 53.3 Å². The molecule has 1 aromatic carbocycles. The maximum absolute atomic E-state index is 12.6. The summed E-state index contributed by atoms with van der Waals surface area (Å²) in [7, 11) is 0. The Labute approximate surface area is 157 Å². The maximum atomic E-state index is 12.6. The zero-order chi connectivity index (χ0) is 18.8. The summed E-state index contributed by atoms with van der Waals surface area (Å²) in [6, 6.07) is 9.70. The van der Waals surface area contributed by atoms with E-state index in [9.17, 15) is 14.7 Å². The van der Waals surface area contributed by atoms with Crippen LogP contribution in [0.15, 0.2) is 36.5 Å². The van der Waals surface area contributed by atoms with E-state index in [2.05, 4.69) is 33.0 Å². The van der Waals surface area contributed by atoms with Gasteiger partial charge < -0.3 is 15.7 Å². The number of benzene rings is 1. The minimum absolute atomic E-state index is 0.0304. The number of carbonyl (C=O) groups excluding carboxylic acids is 2. The van der Waals surface area contributed by atoms with Crippen LogP contribution in [-0.2, 0) is 28.9 Å². The van der Waals surface area contributed by atoms with E-state index in [1.807, 2.05) is 12.1 Å². The molecule has 1 aromatic heterocycles. The lowest BCUT2D eigenvalue weighted by molar-refractivity contribution is -0.126. The molecule has 7 nitrogen and oxygen atoms in total. The van der Waals surface area contributed by atoms with Crippen LogP contribution >= 0.6 is 0 Å². The van der Waals surface area contributed by atoms with Crippen LogP contribution in [0.3, 0.4) is 0 Å². The summed E-state index contributed by atoms with van der Waals surface area (Å²) in [6.07, 6.45) is 3.60. The van der Waals surface area contributed by atoms with Gasteiger partial charge in [0.2, 0.25) is 11.8 Å². The van der Waals surface area contributed by atoms with E-state index in [-0.39, 0.29) is 30.2 Å². The van der Waals surface area contributed by atoms with E-state index in [1.165, 1.54) is 11.1 Å². The Hall–Kier alpha value is -2.67. The van der Waals surface area contributed by atoms with Gasteiger partial charge in [-0.05, 0) is 42.9 Å². The number of H-pyrrole nitrogens is 1. The maximum Gasteiger partial charge on any atom is 0.226 e. The van der Waals surface area contributed by atoms with E-state index >= 15 is 0 Å². The lowest BCUT2D eigenvalue weighted by Crippen LogP contribution is -2.41. The number of fused-ring (bicyclic) bond motifs is 1. The van der Waals surface area contributed by atoms with E-state index in [0.29, 0.717) is 12.8 Å². The number of nitrogens with zero attached hydrogens (tertiary/aromatic N) is 1. The standard InChI is InChI=1S/C20H24N4O3/c25-18-10-14(9-17(18)23-19(26)11-15-5-6-21-24-15)20(27)22-16-7-12-3-1-2-4-13(12)8-16/h1-6,14,16-18,25H,7-11H2,(H,21,24)(H,22,27)(H,23,26)/t14-,17-,18-/m0/s1. The number of aliphatic hydroxyl groups excluding tert-OH is 1. The number of amides is 2. The van der Waals surface area contributed by atoms with E-state index < -0.39 is 12.1 Å². The molecule has 2 aliphatic carbocycles. The van der Waals surface area contributed by atoms with Crippen LogP contribution in [0.2, 0.25) is 0 Å². The van der Waals surface area contributed by atoms with Crippen LogP contribution in [0.25, 0.3) is 0 Å². The van der Waals surface area contributed by atoms with Crippen molar-refractivity contribution in [2.45, 2.75) is 50.3 Å². The molecule has 27 heavy (non-hydrogen) atoms. The van der Waals surface area contributed by atoms with Crippen LogP contribution in [0.1, 0.15) is 29.7 Å². The molecule has 4 N–H and O–H groups in total. The zero-order valence-electron chi connectivity index (χ0n) is 15.0. The van der Waals surface area contributed by atoms with Crippen molar-refractivity contribution in [1.82, 2.24) is 20.8 Å². The first kappa shape index (κ1) is 17.7. The van der Waals surface area contributed by atoms with Crippen molar-refractivity contribution in [3.8, 4) is 0 Å². The Morgan fingerprint density at radius 2 is 1.85 bits per heavy atom. The van der Waals surface area contributed by atoms with Gasteiger partial charge in [0.25, 0.3) is 0 Å². The lowest BCUT2D eigenvalue weighted by atomic mass is 10.1. The minimum Gasteiger partial charge on any atom is -0.391 e. The predicted molar refractivity (Wildman–Crippen MR) is 98.7 cm³/mol. The summed E-state index contributed by atoms with van der Waals surface area (Å²) in [5, 5.41) is 22.8. The second-order valence-corrected chi connectivity index (χ2v) is 7.55. The van der Waals surface area contributed by atoms with Crippen molar-refractivity contribution in [3.63, 3.8) is 0 Å². The third kappa shape index (κ3) is 4.03. The van der Waals surface area contributed by atoms with Gasteiger partial charge in [-0.3, -0.25) is 14.7 Å².